The van der Waals surface area contributed by atoms with Crippen LogP contribution in [0, 0.1) is 17.0 Å². The predicted octanol–water partition coefficient (Wildman–Crippen LogP) is 2.26. The number of nitrogens with zero attached hydrogens (tertiary/aromatic N) is 2. The second-order valence-corrected chi connectivity index (χ2v) is 4.07. The van der Waals surface area contributed by atoms with Gasteiger partial charge in [-0.15, -0.1) is 0 Å². The van der Waals surface area contributed by atoms with E-state index in [2.05, 4.69) is 10.3 Å². The van der Waals surface area contributed by atoms with E-state index < -0.39 is 22.3 Å². The number of phenolic OH excluding ortho intramolecular Hbond substituents is 1. The maximum Gasteiger partial charge on any atom is 0.311 e. The van der Waals surface area contributed by atoms with Gasteiger partial charge in [0.15, 0.2) is 0 Å². The van der Waals surface area contributed by atoms with Gasteiger partial charge in [-0.2, -0.15) is 0 Å². The first kappa shape index (κ1) is 13.5. The number of hydrogen-bond acceptors (Lipinski definition) is 5. The summed E-state index contributed by atoms with van der Waals surface area (Å²) in [5, 5.41) is 23.0. The van der Waals surface area contributed by atoms with Gasteiger partial charge in [0.2, 0.25) is 5.75 Å². The SMILES string of the molecule is Cc1cc(NC(=O)c2cccc([N+](=O)[O-])c2O)ccn1. The van der Waals surface area contributed by atoms with E-state index in [1.165, 1.54) is 18.3 Å². The van der Waals surface area contributed by atoms with E-state index in [0.29, 0.717) is 11.4 Å². The summed E-state index contributed by atoms with van der Waals surface area (Å²) in [5.74, 6) is -1.28. The molecular formula is C13H11N3O4. The number of nitrogens with one attached hydrogen (secondary N) is 1. The second kappa shape index (κ2) is 5.35. The van der Waals surface area contributed by atoms with Gasteiger partial charge in [-0.3, -0.25) is 19.9 Å². The zero-order valence-electron chi connectivity index (χ0n) is 10.5. The quantitative estimate of drug-likeness (QED) is 0.659. The summed E-state index contributed by atoms with van der Waals surface area (Å²) in [7, 11) is 0. The summed E-state index contributed by atoms with van der Waals surface area (Å²) in [6, 6.07) is 7.00. The maximum absolute atomic E-state index is 12.0. The predicted molar refractivity (Wildman–Crippen MR) is 71.7 cm³/mol. The lowest BCUT2D eigenvalue weighted by molar-refractivity contribution is -0.385. The molecule has 1 amide bonds. The molecule has 0 saturated heterocycles. The van der Waals surface area contributed by atoms with Gasteiger partial charge in [-0.05, 0) is 25.1 Å². The molecule has 7 nitrogen and oxygen atoms in total. The van der Waals surface area contributed by atoms with Crippen molar-refractivity contribution in [3.05, 3.63) is 57.9 Å². The zero-order chi connectivity index (χ0) is 14.7. The molecule has 1 heterocycles. The molecule has 20 heavy (non-hydrogen) atoms. The van der Waals surface area contributed by atoms with Crippen molar-refractivity contribution in [3.8, 4) is 5.75 Å². The van der Waals surface area contributed by atoms with E-state index in [9.17, 15) is 20.0 Å². The van der Waals surface area contributed by atoms with Crippen molar-refractivity contribution in [2.24, 2.45) is 0 Å². The van der Waals surface area contributed by atoms with Gasteiger partial charge in [0.1, 0.15) is 0 Å². The number of para-hydroxylation sites is 1. The number of nitro groups is 1. The minimum atomic E-state index is -0.747. The van der Waals surface area contributed by atoms with Crippen LogP contribution in [0.4, 0.5) is 11.4 Å². The molecule has 2 N–H and O–H groups in total. The molecule has 0 unspecified atom stereocenters. The number of nitro benzene ring substituents is 1. The van der Waals surface area contributed by atoms with Crippen LogP contribution in [0.25, 0.3) is 0 Å². The maximum atomic E-state index is 12.0. The number of aryl methyl sites for hydroxylation is 1. The van der Waals surface area contributed by atoms with Crippen molar-refractivity contribution in [1.82, 2.24) is 4.98 Å². The van der Waals surface area contributed by atoms with Gasteiger partial charge in [0, 0.05) is 23.6 Å². The number of aromatic hydroxyl groups is 1. The summed E-state index contributed by atoms with van der Waals surface area (Å²) in [6.45, 7) is 1.76. The van der Waals surface area contributed by atoms with Crippen molar-refractivity contribution >= 4 is 17.3 Å². The Bertz CT molecular complexity index is 685. The van der Waals surface area contributed by atoms with E-state index in [4.69, 9.17) is 0 Å². The van der Waals surface area contributed by atoms with Crippen LogP contribution in [-0.2, 0) is 0 Å². The van der Waals surface area contributed by atoms with Crippen LogP contribution in [0.1, 0.15) is 16.1 Å². The number of hydrogen-bond donors (Lipinski definition) is 2. The Labute approximate surface area is 114 Å². The summed E-state index contributed by atoms with van der Waals surface area (Å²) in [4.78, 5) is 25.9. The van der Waals surface area contributed by atoms with Crippen LogP contribution in [0.15, 0.2) is 36.5 Å². The number of benzene rings is 1. The average molecular weight is 273 g/mol. The van der Waals surface area contributed by atoms with Crippen molar-refractivity contribution in [2.45, 2.75) is 6.92 Å². The standard InChI is InChI=1S/C13H11N3O4/c1-8-7-9(5-6-14-8)15-13(18)10-3-2-4-11(12(10)17)16(19)20/h2-7,17H,1H3,(H,14,15,18). The molecule has 1 aromatic heterocycles. The highest BCUT2D eigenvalue weighted by Gasteiger charge is 2.20. The van der Waals surface area contributed by atoms with Gasteiger partial charge in [-0.25, -0.2) is 0 Å². The van der Waals surface area contributed by atoms with E-state index in [-0.39, 0.29) is 5.56 Å². The monoisotopic (exact) mass is 273 g/mol. The van der Waals surface area contributed by atoms with Crippen molar-refractivity contribution in [3.63, 3.8) is 0 Å². The van der Waals surface area contributed by atoms with E-state index in [1.54, 1.807) is 19.1 Å². The van der Waals surface area contributed by atoms with Crippen molar-refractivity contribution in [1.29, 1.82) is 0 Å². The van der Waals surface area contributed by atoms with Crippen LogP contribution in [0.3, 0.4) is 0 Å². The summed E-state index contributed by atoms with van der Waals surface area (Å²) in [6.07, 6.45) is 1.53. The third-order valence-corrected chi connectivity index (χ3v) is 2.61. The van der Waals surface area contributed by atoms with Gasteiger partial charge < -0.3 is 10.4 Å². The van der Waals surface area contributed by atoms with Crippen molar-refractivity contribution < 1.29 is 14.8 Å². The van der Waals surface area contributed by atoms with E-state index in [0.717, 1.165) is 6.07 Å². The molecule has 0 saturated carbocycles. The minimum Gasteiger partial charge on any atom is -0.502 e. The zero-order valence-corrected chi connectivity index (χ0v) is 10.5. The van der Waals surface area contributed by atoms with Crippen LogP contribution in [-0.4, -0.2) is 20.9 Å². The molecule has 0 aliphatic heterocycles. The Morgan fingerprint density at radius 1 is 1.40 bits per heavy atom. The van der Waals surface area contributed by atoms with E-state index >= 15 is 0 Å². The fraction of sp³-hybridized carbons (Fsp3) is 0.0769. The number of carbonyl (C=O) groups is 1. The molecule has 0 radical (unpaired) electrons. The number of rotatable bonds is 3. The fourth-order valence-electron chi connectivity index (χ4n) is 1.68. The highest BCUT2D eigenvalue weighted by atomic mass is 16.6. The molecule has 0 fully saturated rings. The molecule has 0 aliphatic rings. The van der Waals surface area contributed by atoms with E-state index in [1.807, 2.05) is 0 Å². The van der Waals surface area contributed by atoms with Crippen molar-refractivity contribution in [2.75, 3.05) is 5.32 Å². The summed E-state index contributed by atoms with van der Waals surface area (Å²) >= 11 is 0. The highest BCUT2D eigenvalue weighted by Crippen LogP contribution is 2.29. The van der Waals surface area contributed by atoms with Crippen LogP contribution < -0.4 is 5.32 Å². The smallest absolute Gasteiger partial charge is 0.311 e. The van der Waals surface area contributed by atoms with Crippen LogP contribution in [0.5, 0.6) is 5.75 Å². The number of carbonyl (C=O) groups excluding carboxylic acids is 1. The van der Waals surface area contributed by atoms with Gasteiger partial charge >= 0.3 is 5.69 Å². The Morgan fingerprint density at radius 2 is 2.15 bits per heavy atom. The molecule has 0 spiro atoms. The first-order valence-corrected chi connectivity index (χ1v) is 5.69. The topological polar surface area (TPSA) is 105 Å². The molecular weight excluding hydrogens is 262 g/mol. The molecule has 7 heteroatoms. The third kappa shape index (κ3) is 2.72. The molecule has 2 rings (SSSR count). The second-order valence-electron chi connectivity index (χ2n) is 4.07. The highest BCUT2D eigenvalue weighted by molar-refractivity contribution is 6.06. The lowest BCUT2D eigenvalue weighted by Crippen LogP contribution is -2.12. The largest absolute Gasteiger partial charge is 0.502 e. The normalized spacial score (nSPS) is 10.1. The fourth-order valence-corrected chi connectivity index (χ4v) is 1.68. The molecule has 0 aliphatic carbocycles. The molecule has 0 bridgehead atoms. The number of anilines is 1. The Balaban J connectivity index is 2.30. The minimum absolute atomic E-state index is 0.159. The summed E-state index contributed by atoms with van der Waals surface area (Å²) < 4.78 is 0. The lowest BCUT2D eigenvalue weighted by atomic mass is 10.1. The number of pyridine rings is 1. The van der Waals surface area contributed by atoms with Crippen LogP contribution in [0.2, 0.25) is 0 Å². The third-order valence-electron chi connectivity index (χ3n) is 2.61. The molecule has 102 valence electrons. The van der Waals surface area contributed by atoms with Gasteiger partial charge in [0.05, 0.1) is 10.5 Å². The Morgan fingerprint density at radius 3 is 2.80 bits per heavy atom. The van der Waals surface area contributed by atoms with Gasteiger partial charge in [0.25, 0.3) is 5.91 Å². The first-order valence-electron chi connectivity index (χ1n) is 5.69. The molecule has 2 aromatic rings. The summed E-state index contributed by atoms with van der Waals surface area (Å²) in [5.41, 5.74) is 0.539. The lowest BCUT2D eigenvalue weighted by Gasteiger charge is -2.07. The Kier molecular flexibility index (Phi) is 3.60. The van der Waals surface area contributed by atoms with Crippen LogP contribution >= 0.6 is 0 Å². The number of amides is 1. The number of phenols is 1. The Hall–Kier alpha value is -2.96. The van der Waals surface area contributed by atoms with Gasteiger partial charge in [-0.1, -0.05) is 6.07 Å². The molecule has 1 aromatic carbocycles. The molecule has 0 atom stereocenters. The first-order chi connectivity index (χ1) is 9.49. The number of aromatic nitrogens is 1. The average Bonchev–Trinajstić information content (AvgIpc) is 2.38.